The van der Waals surface area contributed by atoms with Crippen LogP contribution in [-0.2, 0) is 0 Å². The second-order valence-electron chi connectivity index (χ2n) is 5.34. The Morgan fingerprint density at radius 2 is 1.95 bits per heavy atom. The Morgan fingerprint density at radius 1 is 1.19 bits per heavy atom. The van der Waals surface area contributed by atoms with E-state index in [9.17, 15) is 0 Å². The predicted octanol–water partition coefficient (Wildman–Crippen LogP) is 4.78. The second-order valence-corrected chi connectivity index (χ2v) is 6.19. The first-order valence-electron chi connectivity index (χ1n) is 7.09. The zero-order valence-corrected chi connectivity index (χ0v) is 13.7. The minimum Gasteiger partial charge on any atom is -0.491 e. The maximum Gasteiger partial charge on any atom is 0.157 e. The number of benzene rings is 2. The summed E-state index contributed by atoms with van der Waals surface area (Å²) in [5.41, 5.74) is 2.17. The van der Waals surface area contributed by atoms with Crippen LogP contribution in [-0.4, -0.2) is 12.6 Å². The summed E-state index contributed by atoms with van der Waals surface area (Å²) in [6.45, 7) is 4.81. The molecule has 1 unspecified atom stereocenters. The molecule has 1 heterocycles. The highest BCUT2D eigenvalue weighted by Gasteiger charge is 2.22. The molecule has 1 atom stereocenters. The first-order chi connectivity index (χ1) is 10.1. The molecular weight excluding hydrogens is 330 g/mol. The average molecular weight is 348 g/mol. The SMILES string of the molecule is CC(C)Oc1ccc(C2CNc3cccc(Br)c3O2)cc1. The van der Waals surface area contributed by atoms with Crippen LogP contribution in [0, 0.1) is 0 Å². The summed E-state index contributed by atoms with van der Waals surface area (Å²) in [4.78, 5) is 0. The molecule has 2 aromatic rings. The molecule has 0 spiro atoms. The molecule has 1 aliphatic rings. The van der Waals surface area contributed by atoms with Gasteiger partial charge in [-0.3, -0.25) is 0 Å². The number of para-hydroxylation sites is 1. The van der Waals surface area contributed by atoms with Crippen molar-refractivity contribution >= 4 is 21.6 Å². The number of ether oxygens (including phenoxy) is 2. The van der Waals surface area contributed by atoms with Crippen LogP contribution in [0.4, 0.5) is 5.69 Å². The highest BCUT2D eigenvalue weighted by atomic mass is 79.9. The van der Waals surface area contributed by atoms with Gasteiger partial charge in [-0.25, -0.2) is 0 Å². The smallest absolute Gasteiger partial charge is 0.157 e. The molecule has 0 aliphatic carbocycles. The lowest BCUT2D eigenvalue weighted by Crippen LogP contribution is -2.23. The van der Waals surface area contributed by atoms with E-state index in [-0.39, 0.29) is 12.2 Å². The molecule has 0 fully saturated rings. The van der Waals surface area contributed by atoms with E-state index in [1.807, 2.05) is 44.2 Å². The Bertz CT molecular complexity index is 625. The van der Waals surface area contributed by atoms with Gasteiger partial charge >= 0.3 is 0 Å². The number of anilines is 1. The Hall–Kier alpha value is -1.68. The molecule has 0 bridgehead atoms. The molecular formula is C17H18BrNO2. The first kappa shape index (κ1) is 14.3. The van der Waals surface area contributed by atoms with Crippen molar-refractivity contribution in [3.8, 4) is 11.5 Å². The zero-order chi connectivity index (χ0) is 14.8. The third-order valence-corrected chi connectivity index (χ3v) is 3.95. The van der Waals surface area contributed by atoms with Crippen molar-refractivity contribution in [2.75, 3.05) is 11.9 Å². The largest absolute Gasteiger partial charge is 0.491 e. The number of hydrogen-bond donors (Lipinski definition) is 1. The molecule has 21 heavy (non-hydrogen) atoms. The second kappa shape index (κ2) is 5.98. The Kier molecular flexibility index (Phi) is 4.06. The van der Waals surface area contributed by atoms with E-state index >= 15 is 0 Å². The topological polar surface area (TPSA) is 30.5 Å². The Balaban J connectivity index is 1.78. The highest BCUT2D eigenvalue weighted by molar-refractivity contribution is 9.10. The third-order valence-electron chi connectivity index (χ3n) is 3.33. The average Bonchev–Trinajstić information content (AvgIpc) is 2.48. The number of nitrogens with one attached hydrogen (secondary N) is 1. The number of hydrogen-bond acceptors (Lipinski definition) is 3. The van der Waals surface area contributed by atoms with E-state index in [2.05, 4.69) is 33.4 Å². The molecule has 0 amide bonds. The molecule has 1 N–H and O–H groups in total. The molecule has 0 saturated carbocycles. The molecule has 2 aromatic carbocycles. The van der Waals surface area contributed by atoms with Gasteiger partial charge in [-0.2, -0.15) is 0 Å². The van der Waals surface area contributed by atoms with Crippen LogP contribution in [0.2, 0.25) is 0 Å². The van der Waals surface area contributed by atoms with Crippen molar-refractivity contribution in [2.45, 2.75) is 26.1 Å². The van der Waals surface area contributed by atoms with Crippen molar-refractivity contribution in [1.82, 2.24) is 0 Å². The lowest BCUT2D eigenvalue weighted by molar-refractivity contribution is 0.208. The molecule has 0 saturated heterocycles. The molecule has 0 radical (unpaired) electrons. The van der Waals surface area contributed by atoms with Gasteiger partial charge in [-0.1, -0.05) is 18.2 Å². The van der Waals surface area contributed by atoms with Crippen molar-refractivity contribution < 1.29 is 9.47 Å². The molecule has 0 aromatic heterocycles. The van der Waals surface area contributed by atoms with Crippen LogP contribution in [0.5, 0.6) is 11.5 Å². The maximum absolute atomic E-state index is 6.12. The normalized spacial score (nSPS) is 16.9. The van der Waals surface area contributed by atoms with Gasteiger partial charge in [-0.05, 0) is 59.6 Å². The van der Waals surface area contributed by atoms with Crippen molar-refractivity contribution in [1.29, 1.82) is 0 Å². The van der Waals surface area contributed by atoms with Crippen LogP contribution in [0.1, 0.15) is 25.5 Å². The van der Waals surface area contributed by atoms with Gasteiger partial charge in [0, 0.05) is 0 Å². The summed E-state index contributed by atoms with van der Waals surface area (Å²) in [7, 11) is 0. The van der Waals surface area contributed by atoms with Crippen LogP contribution in [0.15, 0.2) is 46.9 Å². The van der Waals surface area contributed by atoms with E-state index in [1.54, 1.807) is 0 Å². The maximum atomic E-state index is 6.12. The Labute approximate surface area is 133 Å². The minimum atomic E-state index is 0.00398. The summed E-state index contributed by atoms with van der Waals surface area (Å²) in [6, 6.07) is 14.1. The van der Waals surface area contributed by atoms with Gasteiger partial charge in [0.1, 0.15) is 11.9 Å². The lowest BCUT2D eigenvalue weighted by atomic mass is 10.1. The number of rotatable bonds is 3. The van der Waals surface area contributed by atoms with Crippen molar-refractivity contribution in [3.05, 3.63) is 52.5 Å². The van der Waals surface area contributed by atoms with Crippen molar-refractivity contribution in [3.63, 3.8) is 0 Å². The quantitative estimate of drug-likeness (QED) is 0.866. The fraction of sp³-hybridized carbons (Fsp3) is 0.294. The standard InChI is InChI=1S/C17H18BrNO2/c1-11(2)20-13-8-6-12(7-9-13)16-10-19-15-5-3-4-14(18)17(15)21-16/h3-9,11,16,19H,10H2,1-2H3. The first-order valence-corrected chi connectivity index (χ1v) is 7.88. The van der Waals surface area contributed by atoms with Gasteiger partial charge in [0.05, 0.1) is 22.8 Å². The van der Waals surface area contributed by atoms with E-state index in [4.69, 9.17) is 9.47 Å². The fourth-order valence-corrected chi connectivity index (χ4v) is 2.83. The van der Waals surface area contributed by atoms with Crippen LogP contribution in [0.25, 0.3) is 0 Å². The number of halogens is 1. The monoisotopic (exact) mass is 347 g/mol. The number of fused-ring (bicyclic) bond motifs is 1. The third kappa shape index (κ3) is 3.16. The fourth-order valence-electron chi connectivity index (χ4n) is 2.37. The van der Waals surface area contributed by atoms with Gasteiger partial charge < -0.3 is 14.8 Å². The van der Waals surface area contributed by atoms with Gasteiger partial charge in [0.15, 0.2) is 5.75 Å². The summed E-state index contributed by atoms with van der Waals surface area (Å²) in [5, 5.41) is 3.41. The van der Waals surface area contributed by atoms with Gasteiger partial charge in [0.2, 0.25) is 0 Å². The molecule has 3 rings (SSSR count). The molecule has 3 nitrogen and oxygen atoms in total. The van der Waals surface area contributed by atoms with E-state index in [0.29, 0.717) is 0 Å². The Morgan fingerprint density at radius 3 is 2.67 bits per heavy atom. The predicted molar refractivity (Wildman–Crippen MR) is 88.2 cm³/mol. The van der Waals surface area contributed by atoms with Crippen LogP contribution in [0.3, 0.4) is 0 Å². The van der Waals surface area contributed by atoms with Crippen LogP contribution < -0.4 is 14.8 Å². The minimum absolute atomic E-state index is 0.00398. The highest BCUT2D eigenvalue weighted by Crippen LogP contribution is 2.39. The summed E-state index contributed by atoms with van der Waals surface area (Å²) in [6.07, 6.45) is 0.190. The van der Waals surface area contributed by atoms with Gasteiger partial charge in [-0.15, -0.1) is 0 Å². The molecule has 1 aliphatic heterocycles. The lowest BCUT2D eigenvalue weighted by Gasteiger charge is -2.28. The summed E-state index contributed by atoms with van der Waals surface area (Å²) < 4.78 is 12.8. The van der Waals surface area contributed by atoms with Crippen LogP contribution >= 0.6 is 15.9 Å². The van der Waals surface area contributed by atoms with Crippen molar-refractivity contribution in [2.24, 2.45) is 0 Å². The van der Waals surface area contributed by atoms with E-state index < -0.39 is 0 Å². The van der Waals surface area contributed by atoms with E-state index in [1.165, 1.54) is 0 Å². The zero-order valence-electron chi connectivity index (χ0n) is 12.1. The van der Waals surface area contributed by atoms with E-state index in [0.717, 1.165) is 33.8 Å². The summed E-state index contributed by atoms with van der Waals surface area (Å²) in [5.74, 6) is 1.76. The molecule has 4 heteroatoms. The molecule has 110 valence electrons. The summed E-state index contributed by atoms with van der Waals surface area (Å²) >= 11 is 3.54. The van der Waals surface area contributed by atoms with Gasteiger partial charge in [0.25, 0.3) is 0 Å².